The molecule has 0 spiro atoms. The summed E-state index contributed by atoms with van der Waals surface area (Å²) in [6, 6.07) is 6.28. The lowest BCUT2D eigenvalue weighted by atomic mass is 10.0. The van der Waals surface area contributed by atoms with E-state index in [1.54, 1.807) is 0 Å². The van der Waals surface area contributed by atoms with Gasteiger partial charge in [0.15, 0.2) is 0 Å². The van der Waals surface area contributed by atoms with E-state index in [1.807, 2.05) is 13.0 Å². The largest absolute Gasteiger partial charge is 0.494 e. The maximum Gasteiger partial charge on any atom is 0.120 e. The van der Waals surface area contributed by atoms with Crippen molar-refractivity contribution >= 4 is 10.9 Å². The quantitative estimate of drug-likeness (QED) is 0.901. The van der Waals surface area contributed by atoms with E-state index in [1.165, 1.54) is 22.2 Å². The van der Waals surface area contributed by atoms with Crippen LogP contribution in [0.4, 0.5) is 0 Å². The molecule has 2 rings (SSSR count). The summed E-state index contributed by atoms with van der Waals surface area (Å²) in [5.41, 5.74) is 9.68. The highest BCUT2D eigenvalue weighted by atomic mass is 16.5. The Morgan fingerprint density at radius 2 is 2.11 bits per heavy atom. The highest BCUT2D eigenvalue weighted by Crippen LogP contribution is 2.31. The van der Waals surface area contributed by atoms with Crippen molar-refractivity contribution in [2.24, 2.45) is 12.8 Å². The van der Waals surface area contributed by atoms with Gasteiger partial charge in [-0.05, 0) is 37.6 Å². The first-order valence-electron chi connectivity index (χ1n) is 6.51. The van der Waals surface area contributed by atoms with E-state index >= 15 is 0 Å². The first-order chi connectivity index (χ1) is 8.60. The Morgan fingerprint density at radius 3 is 2.72 bits per heavy atom. The standard InChI is InChI=1S/C15H22N2O/c1-5-18-12-6-7-14-13(8-12)11(3)15(17(14)4)10(2)9-16/h6-8,10H,5,9,16H2,1-4H3. The summed E-state index contributed by atoms with van der Waals surface area (Å²) in [6.45, 7) is 7.71. The fraction of sp³-hybridized carbons (Fsp3) is 0.467. The Labute approximate surface area is 109 Å². The fourth-order valence-corrected chi connectivity index (χ4v) is 2.70. The molecule has 0 aliphatic heterocycles. The van der Waals surface area contributed by atoms with Gasteiger partial charge in [-0.3, -0.25) is 0 Å². The van der Waals surface area contributed by atoms with E-state index in [4.69, 9.17) is 10.5 Å². The molecule has 0 aliphatic carbocycles. The molecule has 1 heterocycles. The monoisotopic (exact) mass is 246 g/mol. The van der Waals surface area contributed by atoms with Crippen molar-refractivity contribution in [1.29, 1.82) is 0 Å². The lowest BCUT2D eigenvalue weighted by molar-refractivity contribution is 0.340. The van der Waals surface area contributed by atoms with E-state index in [0.29, 0.717) is 19.1 Å². The van der Waals surface area contributed by atoms with Crippen LogP contribution in [-0.2, 0) is 7.05 Å². The van der Waals surface area contributed by atoms with Gasteiger partial charge in [0.2, 0.25) is 0 Å². The molecular weight excluding hydrogens is 224 g/mol. The number of rotatable bonds is 4. The topological polar surface area (TPSA) is 40.2 Å². The molecule has 98 valence electrons. The molecule has 2 aromatic rings. The summed E-state index contributed by atoms with van der Waals surface area (Å²) >= 11 is 0. The number of fused-ring (bicyclic) bond motifs is 1. The van der Waals surface area contributed by atoms with Gasteiger partial charge in [-0.15, -0.1) is 0 Å². The van der Waals surface area contributed by atoms with Crippen molar-refractivity contribution in [2.45, 2.75) is 26.7 Å². The van der Waals surface area contributed by atoms with Crippen molar-refractivity contribution in [2.75, 3.05) is 13.2 Å². The third kappa shape index (κ3) is 1.99. The Morgan fingerprint density at radius 1 is 1.39 bits per heavy atom. The summed E-state index contributed by atoms with van der Waals surface area (Å²) in [6.07, 6.45) is 0. The van der Waals surface area contributed by atoms with Crippen molar-refractivity contribution < 1.29 is 4.74 Å². The smallest absolute Gasteiger partial charge is 0.120 e. The molecule has 0 fully saturated rings. The van der Waals surface area contributed by atoms with Crippen LogP contribution in [0, 0.1) is 6.92 Å². The number of ether oxygens (including phenoxy) is 1. The van der Waals surface area contributed by atoms with Gasteiger partial charge in [-0.25, -0.2) is 0 Å². The van der Waals surface area contributed by atoms with Crippen LogP contribution in [0.25, 0.3) is 10.9 Å². The van der Waals surface area contributed by atoms with Gasteiger partial charge in [0.1, 0.15) is 5.75 Å². The van der Waals surface area contributed by atoms with Crippen LogP contribution in [0.2, 0.25) is 0 Å². The molecule has 0 saturated heterocycles. The minimum Gasteiger partial charge on any atom is -0.494 e. The number of aryl methyl sites for hydroxylation is 2. The number of nitrogens with zero attached hydrogens (tertiary/aromatic N) is 1. The predicted octanol–water partition coefficient (Wildman–Crippen LogP) is 2.95. The van der Waals surface area contributed by atoms with Crippen molar-refractivity contribution in [3.05, 3.63) is 29.5 Å². The van der Waals surface area contributed by atoms with Gasteiger partial charge in [0.05, 0.1) is 6.61 Å². The average molecular weight is 246 g/mol. The molecule has 0 saturated carbocycles. The zero-order chi connectivity index (χ0) is 13.3. The maximum atomic E-state index is 5.80. The summed E-state index contributed by atoms with van der Waals surface area (Å²) in [5.74, 6) is 1.31. The first-order valence-corrected chi connectivity index (χ1v) is 6.51. The summed E-state index contributed by atoms with van der Waals surface area (Å²) < 4.78 is 7.82. The van der Waals surface area contributed by atoms with Gasteiger partial charge < -0.3 is 15.0 Å². The van der Waals surface area contributed by atoms with E-state index in [2.05, 4.69) is 37.6 Å². The molecule has 1 aromatic carbocycles. The number of benzene rings is 1. The molecule has 0 bridgehead atoms. The van der Waals surface area contributed by atoms with E-state index in [-0.39, 0.29) is 0 Å². The number of hydrogen-bond acceptors (Lipinski definition) is 2. The summed E-state index contributed by atoms with van der Waals surface area (Å²) in [7, 11) is 2.11. The van der Waals surface area contributed by atoms with Crippen LogP contribution >= 0.6 is 0 Å². The average Bonchev–Trinajstić information content (AvgIpc) is 2.61. The third-order valence-electron chi connectivity index (χ3n) is 3.61. The van der Waals surface area contributed by atoms with Crippen LogP contribution in [0.1, 0.15) is 31.0 Å². The van der Waals surface area contributed by atoms with Gasteiger partial charge >= 0.3 is 0 Å². The second-order valence-corrected chi connectivity index (χ2v) is 4.82. The number of hydrogen-bond donors (Lipinski definition) is 1. The molecule has 1 aromatic heterocycles. The summed E-state index contributed by atoms with van der Waals surface area (Å²) in [5, 5.41) is 1.26. The zero-order valence-electron chi connectivity index (χ0n) is 11.7. The molecule has 1 unspecified atom stereocenters. The van der Waals surface area contributed by atoms with Crippen LogP contribution in [-0.4, -0.2) is 17.7 Å². The molecule has 0 radical (unpaired) electrons. The van der Waals surface area contributed by atoms with E-state index < -0.39 is 0 Å². The minimum atomic E-state index is 0.373. The zero-order valence-corrected chi connectivity index (χ0v) is 11.7. The molecule has 1 atom stereocenters. The van der Waals surface area contributed by atoms with Crippen LogP contribution < -0.4 is 10.5 Å². The Balaban J connectivity index is 2.62. The second kappa shape index (κ2) is 5.02. The minimum absolute atomic E-state index is 0.373. The molecule has 3 heteroatoms. The normalized spacial score (nSPS) is 12.9. The van der Waals surface area contributed by atoms with Crippen LogP contribution in [0.5, 0.6) is 5.75 Å². The van der Waals surface area contributed by atoms with Gasteiger partial charge in [-0.1, -0.05) is 6.92 Å². The van der Waals surface area contributed by atoms with E-state index in [9.17, 15) is 0 Å². The predicted molar refractivity (Wildman–Crippen MR) is 76.3 cm³/mol. The van der Waals surface area contributed by atoms with Gasteiger partial charge in [0, 0.05) is 36.1 Å². The van der Waals surface area contributed by atoms with Gasteiger partial charge in [0.25, 0.3) is 0 Å². The van der Waals surface area contributed by atoms with Crippen LogP contribution in [0.3, 0.4) is 0 Å². The SMILES string of the molecule is CCOc1ccc2c(c1)c(C)c(C(C)CN)n2C. The van der Waals surface area contributed by atoms with E-state index in [0.717, 1.165) is 5.75 Å². The first kappa shape index (κ1) is 13.0. The lowest BCUT2D eigenvalue weighted by Crippen LogP contribution is -2.13. The van der Waals surface area contributed by atoms with Crippen LogP contribution in [0.15, 0.2) is 18.2 Å². The lowest BCUT2D eigenvalue weighted by Gasteiger charge is -2.12. The Kier molecular flexibility index (Phi) is 3.62. The summed E-state index contributed by atoms with van der Waals surface area (Å²) in [4.78, 5) is 0. The second-order valence-electron chi connectivity index (χ2n) is 4.82. The Hall–Kier alpha value is -1.48. The molecule has 2 N–H and O–H groups in total. The van der Waals surface area contributed by atoms with Crippen molar-refractivity contribution in [1.82, 2.24) is 4.57 Å². The maximum absolute atomic E-state index is 5.80. The number of nitrogens with two attached hydrogens (primary N) is 1. The molecule has 0 aliphatic rings. The third-order valence-corrected chi connectivity index (χ3v) is 3.61. The Bertz CT molecular complexity index is 557. The van der Waals surface area contributed by atoms with Crippen molar-refractivity contribution in [3.63, 3.8) is 0 Å². The van der Waals surface area contributed by atoms with Gasteiger partial charge in [-0.2, -0.15) is 0 Å². The number of aromatic nitrogens is 1. The van der Waals surface area contributed by atoms with Crippen molar-refractivity contribution in [3.8, 4) is 5.75 Å². The molecule has 18 heavy (non-hydrogen) atoms. The molecule has 0 amide bonds. The molecule has 3 nitrogen and oxygen atoms in total. The fourth-order valence-electron chi connectivity index (χ4n) is 2.70. The molecular formula is C15H22N2O. The highest BCUT2D eigenvalue weighted by Gasteiger charge is 2.16. The highest BCUT2D eigenvalue weighted by molar-refractivity contribution is 5.86.